The Bertz CT molecular complexity index is 356. The molecule has 0 aromatic heterocycles. The van der Waals surface area contributed by atoms with Crippen LogP contribution in [0.3, 0.4) is 0 Å². The largest absolute Gasteiger partial charge is 0.493 e. The highest BCUT2D eigenvalue weighted by Crippen LogP contribution is 2.31. The second kappa shape index (κ2) is 4.39. The van der Waals surface area contributed by atoms with Crippen molar-refractivity contribution in [3.8, 4) is 5.75 Å². The molecule has 1 saturated carbocycles. The third kappa shape index (κ3) is 2.75. The molecule has 15 heavy (non-hydrogen) atoms. The van der Waals surface area contributed by atoms with Gasteiger partial charge >= 0.3 is 0 Å². The van der Waals surface area contributed by atoms with Gasteiger partial charge in [0.15, 0.2) is 0 Å². The lowest BCUT2D eigenvalue weighted by atomic mass is 10.1. The molecule has 1 aliphatic rings. The van der Waals surface area contributed by atoms with Crippen LogP contribution in [0.25, 0.3) is 0 Å². The first kappa shape index (κ1) is 10.1. The average molecular weight is 203 g/mol. The Morgan fingerprint density at radius 1 is 1.47 bits per heavy atom. The van der Waals surface area contributed by atoms with Crippen LogP contribution < -0.4 is 10.5 Å². The minimum absolute atomic E-state index is 0.758. The van der Waals surface area contributed by atoms with Crippen molar-refractivity contribution in [3.05, 3.63) is 36.4 Å². The molecular formula is C13H17NO. The third-order valence-electron chi connectivity index (χ3n) is 2.63. The normalized spacial score (nSPS) is 14.9. The molecule has 0 amide bonds. The van der Waals surface area contributed by atoms with Gasteiger partial charge in [0.1, 0.15) is 5.75 Å². The standard InChI is InChI=1S/C13H17NO/c1-2-3-11-6-7-12(14)8-13(11)15-9-10-4-5-10/h2,6-8,10H,1,3-5,9,14H2. The summed E-state index contributed by atoms with van der Waals surface area (Å²) in [6, 6.07) is 5.82. The van der Waals surface area contributed by atoms with Crippen molar-refractivity contribution in [1.82, 2.24) is 0 Å². The number of hydrogen-bond acceptors (Lipinski definition) is 2. The summed E-state index contributed by atoms with van der Waals surface area (Å²) < 4.78 is 5.77. The van der Waals surface area contributed by atoms with E-state index in [4.69, 9.17) is 10.5 Å². The van der Waals surface area contributed by atoms with E-state index in [-0.39, 0.29) is 0 Å². The van der Waals surface area contributed by atoms with Crippen molar-refractivity contribution in [3.63, 3.8) is 0 Å². The highest BCUT2D eigenvalue weighted by Gasteiger charge is 2.22. The molecule has 0 bridgehead atoms. The zero-order chi connectivity index (χ0) is 10.7. The number of ether oxygens (including phenoxy) is 1. The molecule has 1 aromatic carbocycles. The van der Waals surface area contributed by atoms with Crippen molar-refractivity contribution < 1.29 is 4.74 Å². The van der Waals surface area contributed by atoms with Crippen LogP contribution in [0, 0.1) is 5.92 Å². The fourth-order valence-corrected chi connectivity index (χ4v) is 1.52. The first-order chi connectivity index (χ1) is 7.29. The van der Waals surface area contributed by atoms with Crippen molar-refractivity contribution in [2.45, 2.75) is 19.3 Å². The van der Waals surface area contributed by atoms with Gasteiger partial charge in [-0.3, -0.25) is 0 Å². The Balaban J connectivity index is 2.08. The van der Waals surface area contributed by atoms with Gasteiger partial charge in [-0.1, -0.05) is 12.1 Å². The van der Waals surface area contributed by atoms with Gasteiger partial charge in [-0.25, -0.2) is 0 Å². The van der Waals surface area contributed by atoms with Crippen LogP contribution in [-0.4, -0.2) is 6.61 Å². The minimum atomic E-state index is 0.758. The van der Waals surface area contributed by atoms with Gasteiger partial charge in [0.25, 0.3) is 0 Å². The molecule has 0 radical (unpaired) electrons. The molecule has 0 saturated heterocycles. The maximum atomic E-state index is 5.77. The number of nitrogens with two attached hydrogens (primary N) is 1. The molecule has 2 heteroatoms. The lowest BCUT2D eigenvalue weighted by molar-refractivity contribution is 0.297. The maximum Gasteiger partial charge on any atom is 0.124 e. The Labute approximate surface area is 90.7 Å². The maximum absolute atomic E-state index is 5.77. The zero-order valence-corrected chi connectivity index (χ0v) is 8.91. The first-order valence-electron chi connectivity index (χ1n) is 5.41. The number of nitrogen functional groups attached to an aromatic ring is 1. The summed E-state index contributed by atoms with van der Waals surface area (Å²) in [5, 5.41) is 0. The molecule has 2 N–H and O–H groups in total. The van der Waals surface area contributed by atoms with E-state index < -0.39 is 0 Å². The summed E-state index contributed by atoms with van der Waals surface area (Å²) in [6.07, 6.45) is 5.33. The van der Waals surface area contributed by atoms with Gasteiger partial charge in [-0.2, -0.15) is 0 Å². The van der Waals surface area contributed by atoms with Crippen molar-refractivity contribution in [2.24, 2.45) is 5.92 Å². The average Bonchev–Trinajstić information content (AvgIpc) is 3.02. The summed E-state index contributed by atoms with van der Waals surface area (Å²) in [4.78, 5) is 0. The van der Waals surface area contributed by atoms with Gasteiger partial charge in [0.2, 0.25) is 0 Å². The van der Waals surface area contributed by atoms with Crippen LogP contribution in [-0.2, 0) is 6.42 Å². The smallest absolute Gasteiger partial charge is 0.124 e. The van der Waals surface area contributed by atoms with Crippen LogP contribution in [0.1, 0.15) is 18.4 Å². The van der Waals surface area contributed by atoms with Gasteiger partial charge in [0.05, 0.1) is 6.61 Å². The summed E-state index contributed by atoms with van der Waals surface area (Å²) >= 11 is 0. The molecular weight excluding hydrogens is 186 g/mol. The van der Waals surface area contributed by atoms with Crippen LogP contribution in [0.15, 0.2) is 30.9 Å². The number of rotatable bonds is 5. The zero-order valence-electron chi connectivity index (χ0n) is 8.91. The third-order valence-corrected chi connectivity index (χ3v) is 2.63. The Hall–Kier alpha value is -1.44. The molecule has 0 unspecified atom stereocenters. The lowest BCUT2D eigenvalue weighted by Crippen LogP contribution is -2.02. The van der Waals surface area contributed by atoms with E-state index in [1.54, 1.807) is 0 Å². The van der Waals surface area contributed by atoms with Crippen molar-refractivity contribution >= 4 is 5.69 Å². The minimum Gasteiger partial charge on any atom is -0.493 e. The first-order valence-corrected chi connectivity index (χ1v) is 5.41. The van der Waals surface area contributed by atoms with E-state index >= 15 is 0 Å². The number of hydrogen-bond donors (Lipinski definition) is 1. The SMILES string of the molecule is C=CCc1ccc(N)cc1OCC1CC1. The van der Waals surface area contributed by atoms with E-state index in [2.05, 4.69) is 6.58 Å². The number of anilines is 1. The van der Waals surface area contributed by atoms with Crippen LogP contribution in [0.4, 0.5) is 5.69 Å². The lowest BCUT2D eigenvalue weighted by Gasteiger charge is -2.10. The second-order valence-electron chi connectivity index (χ2n) is 4.11. The van der Waals surface area contributed by atoms with Crippen molar-refractivity contribution in [2.75, 3.05) is 12.3 Å². The van der Waals surface area contributed by atoms with Crippen LogP contribution in [0.5, 0.6) is 5.75 Å². The van der Waals surface area contributed by atoms with E-state index in [1.807, 2.05) is 24.3 Å². The fraction of sp³-hybridized carbons (Fsp3) is 0.385. The monoisotopic (exact) mass is 203 g/mol. The summed E-state index contributed by atoms with van der Waals surface area (Å²) in [6.45, 7) is 4.57. The molecule has 0 heterocycles. The quantitative estimate of drug-likeness (QED) is 0.590. The molecule has 80 valence electrons. The predicted octanol–water partition coefficient (Wildman–Crippen LogP) is 2.79. The molecule has 0 aliphatic heterocycles. The summed E-state index contributed by atoms with van der Waals surface area (Å²) in [7, 11) is 0. The van der Waals surface area contributed by atoms with Crippen molar-refractivity contribution in [1.29, 1.82) is 0 Å². The molecule has 1 fully saturated rings. The van der Waals surface area contributed by atoms with E-state index in [0.717, 1.165) is 30.4 Å². The number of benzene rings is 1. The molecule has 2 rings (SSSR count). The van der Waals surface area contributed by atoms with E-state index in [9.17, 15) is 0 Å². The van der Waals surface area contributed by atoms with E-state index in [0.29, 0.717) is 0 Å². The molecule has 0 spiro atoms. The molecule has 2 nitrogen and oxygen atoms in total. The Kier molecular flexibility index (Phi) is 2.95. The second-order valence-corrected chi connectivity index (χ2v) is 4.11. The fourth-order valence-electron chi connectivity index (χ4n) is 1.52. The Morgan fingerprint density at radius 3 is 2.93 bits per heavy atom. The van der Waals surface area contributed by atoms with Gasteiger partial charge < -0.3 is 10.5 Å². The van der Waals surface area contributed by atoms with E-state index in [1.165, 1.54) is 18.4 Å². The molecule has 0 atom stereocenters. The summed E-state index contributed by atoms with van der Waals surface area (Å²) in [5.41, 5.74) is 7.66. The highest BCUT2D eigenvalue weighted by molar-refractivity contribution is 5.49. The molecule has 1 aliphatic carbocycles. The van der Waals surface area contributed by atoms with Crippen LogP contribution in [0.2, 0.25) is 0 Å². The molecule has 1 aromatic rings. The highest BCUT2D eigenvalue weighted by atomic mass is 16.5. The van der Waals surface area contributed by atoms with Gasteiger partial charge in [-0.15, -0.1) is 6.58 Å². The Morgan fingerprint density at radius 2 is 2.27 bits per heavy atom. The number of allylic oxidation sites excluding steroid dienone is 1. The van der Waals surface area contributed by atoms with Crippen LogP contribution >= 0.6 is 0 Å². The van der Waals surface area contributed by atoms with Gasteiger partial charge in [-0.05, 0) is 36.8 Å². The topological polar surface area (TPSA) is 35.2 Å². The predicted molar refractivity (Wildman–Crippen MR) is 63.0 cm³/mol. The summed E-state index contributed by atoms with van der Waals surface area (Å²) in [5.74, 6) is 1.69. The van der Waals surface area contributed by atoms with Gasteiger partial charge in [0, 0.05) is 11.8 Å².